The zero-order valence-corrected chi connectivity index (χ0v) is 11.5. The summed E-state index contributed by atoms with van der Waals surface area (Å²) in [5.74, 6) is 0.874. The molecule has 0 amide bonds. The maximum atomic E-state index is 5.85. The van der Waals surface area contributed by atoms with E-state index >= 15 is 0 Å². The van der Waals surface area contributed by atoms with Gasteiger partial charge in [0.1, 0.15) is 5.52 Å². The molecule has 0 spiro atoms. The van der Waals surface area contributed by atoms with Gasteiger partial charge in [0.2, 0.25) is 0 Å². The molecule has 3 rings (SSSR count). The Morgan fingerprint density at radius 1 is 1.32 bits per heavy atom. The summed E-state index contributed by atoms with van der Waals surface area (Å²) in [6.45, 7) is 6.34. The molecule has 1 aromatic heterocycles. The van der Waals surface area contributed by atoms with Gasteiger partial charge in [0.25, 0.3) is 0 Å². The third-order valence-corrected chi connectivity index (χ3v) is 3.64. The Balaban J connectivity index is 1.92. The molecule has 0 atom stereocenters. The van der Waals surface area contributed by atoms with Crippen molar-refractivity contribution in [1.82, 2.24) is 10.3 Å². The molecule has 0 radical (unpaired) electrons. The number of hydrogen-bond donors (Lipinski definition) is 1. The molecule has 1 aromatic carbocycles. The second-order valence-corrected chi connectivity index (χ2v) is 5.07. The van der Waals surface area contributed by atoms with Crippen LogP contribution in [0, 0.1) is 0 Å². The Hall–Kier alpha value is -1.55. The number of nitrogens with one attached hydrogen (secondary N) is 1. The number of hydrogen-bond acceptors (Lipinski definition) is 4. The van der Waals surface area contributed by atoms with Gasteiger partial charge in [-0.05, 0) is 18.6 Å². The molecule has 1 aliphatic heterocycles. The van der Waals surface area contributed by atoms with Crippen LogP contribution >= 0.6 is 0 Å². The third-order valence-electron chi connectivity index (χ3n) is 3.64. The van der Waals surface area contributed by atoms with E-state index in [0.717, 1.165) is 56.0 Å². The molecule has 1 N–H and O–H groups in total. The second kappa shape index (κ2) is 5.61. The fourth-order valence-corrected chi connectivity index (χ4v) is 2.58. The van der Waals surface area contributed by atoms with Crippen LogP contribution in [0.25, 0.3) is 11.1 Å². The summed E-state index contributed by atoms with van der Waals surface area (Å²) >= 11 is 0. The zero-order valence-electron chi connectivity index (χ0n) is 11.5. The van der Waals surface area contributed by atoms with Crippen LogP contribution in [-0.2, 0) is 6.42 Å². The van der Waals surface area contributed by atoms with Crippen molar-refractivity contribution in [2.75, 3.05) is 31.1 Å². The summed E-state index contributed by atoms with van der Waals surface area (Å²) in [5.41, 5.74) is 3.16. The van der Waals surface area contributed by atoms with Crippen LogP contribution in [0.1, 0.15) is 25.7 Å². The Labute approximate surface area is 113 Å². The van der Waals surface area contributed by atoms with Crippen LogP contribution in [0.5, 0.6) is 0 Å². The number of anilines is 1. The lowest BCUT2D eigenvalue weighted by Crippen LogP contribution is -2.43. The van der Waals surface area contributed by atoms with Crippen molar-refractivity contribution in [3.63, 3.8) is 0 Å². The largest absolute Gasteiger partial charge is 0.441 e. The Bertz CT molecular complexity index is 543. The van der Waals surface area contributed by atoms with Gasteiger partial charge in [-0.25, -0.2) is 4.98 Å². The molecule has 102 valence electrons. The van der Waals surface area contributed by atoms with Crippen LogP contribution < -0.4 is 10.2 Å². The minimum Gasteiger partial charge on any atom is -0.441 e. The van der Waals surface area contributed by atoms with Gasteiger partial charge >= 0.3 is 0 Å². The fraction of sp³-hybridized carbons (Fsp3) is 0.533. The lowest BCUT2D eigenvalue weighted by atomic mass is 10.2. The minimum absolute atomic E-state index is 0.874. The van der Waals surface area contributed by atoms with E-state index in [4.69, 9.17) is 9.40 Å². The van der Waals surface area contributed by atoms with E-state index in [-0.39, 0.29) is 0 Å². The molecule has 2 heterocycles. The summed E-state index contributed by atoms with van der Waals surface area (Å²) in [4.78, 5) is 7.09. The molecular weight excluding hydrogens is 238 g/mol. The Morgan fingerprint density at radius 2 is 2.16 bits per heavy atom. The number of aryl methyl sites for hydroxylation is 1. The van der Waals surface area contributed by atoms with Crippen LogP contribution in [-0.4, -0.2) is 31.2 Å². The van der Waals surface area contributed by atoms with Crippen LogP contribution in [0.2, 0.25) is 0 Å². The van der Waals surface area contributed by atoms with Crippen molar-refractivity contribution in [2.45, 2.75) is 26.2 Å². The number of oxazole rings is 1. The summed E-state index contributed by atoms with van der Waals surface area (Å²) in [6.07, 6.45) is 3.24. The standard InChI is InChI=1S/C15H21N3O/c1-2-3-7-14-17-15-12(5-4-6-13(15)19-14)18-10-8-16-9-11-18/h4-6,16H,2-3,7-11H2,1H3. The fourth-order valence-electron chi connectivity index (χ4n) is 2.58. The van der Waals surface area contributed by atoms with Crippen molar-refractivity contribution in [1.29, 1.82) is 0 Å². The average Bonchev–Trinajstić information content (AvgIpc) is 2.88. The number of fused-ring (bicyclic) bond motifs is 1. The summed E-state index contributed by atoms with van der Waals surface area (Å²) < 4.78 is 5.85. The van der Waals surface area contributed by atoms with Crippen molar-refractivity contribution < 1.29 is 4.42 Å². The maximum Gasteiger partial charge on any atom is 0.195 e. The smallest absolute Gasteiger partial charge is 0.195 e. The van der Waals surface area contributed by atoms with Gasteiger partial charge in [-0.1, -0.05) is 19.4 Å². The van der Waals surface area contributed by atoms with Crippen molar-refractivity contribution in [2.24, 2.45) is 0 Å². The molecule has 1 aliphatic rings. The normalized spacial score (nSPS) is 16.2. The highest BCUT2D eigenvalue weighted by Gasteiger charge is 2.16. The van der Waals surface area contributed by atoms with Gasteiger partial charge in [0, 0.05) is 32.6 Å². The van der Waals surface area contributed by atoms with E-state index < -0.39 is 0 Å². The molecule has 0 aliphatic carbocycles. The predicted molar refractivity (Wildman–Crippen MR) is 77.7 cm³/mol. The molecule has 1 fully saturated rings. The number of piperazine rings is 1. The maximum absolute atomic E-state index is 5.85. The molecule has 4 nitrogen and oxygen atoms in total. The Kier molecular flexibility index (Phi) is 3.69. The summed E-state index contributed by atoms with van der Waals surface area (Å²) in [6, 6.07) is 6.23. The number of para-hydroxylation sites is 1. The Morgan fingerprint density at radius 3 is 2.95 bits per heavy atom. The quantitative estimate of drug-likeness (QED) is 0.916. The van der Waals surface area contributed by atoms with E-state index in [2.05, 4.69) is 29.3 Å². The van der Waals surface area contributed by atoms with Crippen LogP contribution in [0.15, 0.2) is 22.6 Å². The van der Waals surface area contributed by atoms with Gasteiger partial charge in [-0.2, -0.15) is 0 Å². The predicted octanol–water partition coefficient (Wildman–Crippen LogP) is 2.58. The summed E-state index contributed by atoms with van der Waals surface area (Å²) in [7, 11) is 0. The van der Waals surface area contributed by atoms with E-state index in [0.29, 0.717) is 0 Å². The number of nitrogens with zero attached hydrogens (tertiary/aromatic N) is 2. The van der Waals surface area contributed by atoms with Gasteiger partial charge in [-0.15, -0.1) is 0 Å². The second-order valence-electron chi connectivity index (χ2n) is 5.07. The monoisotopic (exact) mass is 259 g/mol. The third kappa shape index (κ3) is 2.59. The van der Waals surface area contributed by atoms with E-state index in [1.807, 2.05) is 6.07 Å². The van der Waals surface area contributed by atoms with Crippen LogP contribution in [0.3, 0.4) is 0 Å². The highest BCUT2D eigenvalue weighted by molar-refractivity contribution is 5.87. The molecule has 2 aromatic rings. The van der Waals surface area contributed by atoms with E-state index in [1.54, 1.807) is 0 Å². The highest BCUT2D eigenvalue weighted by atomic mass is 16.3. The lowest BCUT2D eigenvalue weighted by molar-refractivity contribution is 0.517. The first kappa shape index (κ1) is 12.5. The zero-order chi connectivity index (χ0) is 13.1. The first-order valence-electron chi connectivity index (χ1n) is 7.22. The SMILES string of the molecule is CCCCc1nc2c(N3CCNCC3)cccc2o1. The first-order chi connectivity index (χ1) is 9.38. The van der Waals surface area contributed by atoms with E-state index in [9.17, 15) is 0 Å². The van der Waals surface area contributed by atoms with Crippen molar-refractivity contribution in [3.8, 4) is 0 Å². The number of rotatable bonds is 4. The number of aromatic nitrogens is 1. The number of unbranched alkanes of at least 4 members (excludes halogenated alkanes) is 1. The molecule has 0 saturated carbocycles. The lowest BCUT2D eigenvalue weighted by Gasteiger charge is -2.29. The van der Waals surface area contributed by atoms with Gasteiger partial charge in [-0.3, -0.25) is 0 Å². The van der Waals surface area contributed by atoms with Gasteiger partial charge < -0.3 is 14.6 Å². The van der Waals surface area contributed by atoms with Crippen LogP contribution in [0.4, 0.5) is 5.69 Å². The highest BCUT2D eigenvalue weighted by Crippen LogP contribution is 2.27. The van der Waals surface area contributed by atoms with Gasteiger partial charge in [0.05, 0.1) is 5.69 Å². The minimum atomic E-state index is 0.874. The first-order valence-corrected chi connectivity index (χ1v) is 7.22. The molecule has 0 unspecified atom stereocenters. The molecule has 19 heavy (non-hydrogen) atoms. The molecule has 0 bridgehead atoms. The van der Waals surface area contributed by atoms with Crippen molar-refractivity contribution in [3.05, 3.63) is 24.1 Å². The molecule has 4 heteroatoms. The average molecular weight is 259 g/mol. The van der Waals surface area contributed by atoms with E-state index in [1.165, 1.54) is 12.1 Å². The topological polar surface area (TPSA) is 41.3 Å². The van der Waals surface area contributed by atoms with Gasteiger partial charge in [0.15, 0.2) is 11.5 Å². The molecule has 1 saturated heterocycles. The summed E-state index contributed by atoms with van der Waals surface area (Å²) in [5, 5.41) is 3.38. The van der Waals surface area contributed by atoms with Crippen molar-refractivity contribution >= 4 is 16.8 Å². The molecular formula is C15H21N3O. The number of benzene rings is 1.